The highest BCUT2D eigenvalue weighted by molar-refractivity contribution is 6.01. The van der Waals surface area contributed by atoms with Crippen molar-refractivity contribution < 1.29 is 37.4 Å². The summed E-state index contributed by atoms with van der Waals surface area (Å²) in [6.07, 6.45) is -2.99. The zero-order chi connectivity index (χ0) is 22.6. The highest BCUT2D eigenvalue weighted by Gasteiger charge is 2.38. The predicted octanol–water partition coefficient (Wildman–Crippen LogP) is 1.29. The van der Waals surface area contributed by atoms with Gasteiger partial charge in [0, 0.05) is 30.2 Å². The molecule has 0 unspecified atom stereocenters. The normalized spacial score (nSPS) is 16.2. The van der Waals surface area contributed by atoms with E-state index in [1.54, 1.807) is 18.2 Å². The molecule has 0 aliphatic carbocycles. The Morgan fingerprint density at radius 2 is 2.00 bits per heavy atom. The number of aromatic nitrogens is 1. The number of ether oxygens (including phenoxy) is 1. The first-order valence-corrected chi connectivity index (χ1v) is 8.55. The highest BCUT2D eigenvalue weighted by Crippen LogP contribution is 2.30. The number of primary amides is 1. The van der Waals surface area contributed by atoms with Crippen molar-refractivity contribution in [1.29, 1.82) is 0 Å². The fourth-order valence-electron chi connectivity index (χ4n) is 2.95. The number of nitrogens with two attached hydrogens (primary N) is 2. The molecule has 5 N–H and O–H groups in total. The molecule has 0 radical (unpaired) electrons. The highest BCUT2D eigenvalue weighted by atomic mass is 19.4. The van der Waals surface area contributed by atoms with E-state index < -0.39 is 24.0 Å². The van der Waals surface area contributed by atoms with Gasteiger partial charge >= 0.3 is 12.1 Å². The first kappa shape index (κ1) is 22.7. The zero-order valence-electron chi connectivity index (χ0n) is 15.8. The number of rotatable bonds is 4. The maximum absolute atomic E-state index is 12.2. The summed E-state index contributed by atoms with van der Waals surface area (Å²) in [6.45, 7) is 0.839. The van der Waals surface area contributed by atoms with Crippen LogP contribution in [0.25, 0.3) is 10.8 Å². The Labute approximate surface area is 168 Å². The van der Waals surface area contributed by atoms with Crippen LogP contribution in [0, 0.1) is 5.92 Å². The monoisotopic (exact) mass is 428 g/mol. The van der Waals surface area contributed by atoms with Crippen LogP contribution >= 0.6 is 0 Å². The number of alkyl halides is 3. The number of nitrogen functional groups attached to an aromatic ring is 1. The van der Waals surface area contributed by atoms with Crippen LogP contribution in [-0.4, -0.2) is 52.6 Å². The first-order valence-electron chi connectivity index (χ1n) is 8.55. The fraction of sp³-hybridized carbons (Fsp3) is 0.333. The van der Waals surface area contributed by atoms with Gasteiger partial charge in [-0.3, -0.25) is 9.59 Å². The third-order valence-corrected chi connectivity index (χ3v) is 4.44. The van der Waals surface area contributed by atoms with E-state index in [2.05, 4.69) is 4.98 Å². The lowest BCUT2D eigenvalue weighted by Crippen LogP contribution is -2.33. The number of methoxy groups -OCH3 is 1. The van der Waals surface area contributed by atoms with Crippen LogP contribution < -0.4 is 16.2 Å². The minimum atomic E-state index is -5.08. The molecule has 162 valence electrons. The lowest BCUT2D eigenvalue weighted by molar-refractivity contribution is -0.192. The van der Waals surface area contributed by atoms with Gasteiger partial charge in [-0.15, -0.1) is 0 Å². The minimum absolute atomic E-state index is 0.237. The molecule has 2 aromatic rings. The minimum Gasteiger partial charge on any atom is -0.496 e. The molecule has 0 saturated carbocycles. The standard InChI is InChI=1S/C16H18N4O3.C2HF3O2/c1-23-13-7-9-2-4-19-14(17)12(9)6-10(13)8-20-5-3-11(15(18)21)16(20)22;3-2(4,5)1(6)7/h2,4,6-7,11H,3,5,8H2,1H3,(H2,17,19)(H2,18,21);(H,6,7)/t11-;/m0./s1. The van der Waals surface area contributed by atoms with Crippen molar-refractivity contribution in [3.8, 4) is 5.75 Å². The molecule has 1 aromatic heterocycles. The predicted molar refractivity (Wildman–Crippen MR) is 99.1 cm³/mol. The number of carboxylic acid groups (broad SMARTS) is 1. The van der Waals surface area contributed by atoms with Crippen LogP contribution in [0.1, 0.15) is 12.0 Å². The van der Waals surface area contributed by atoms with E-state index in [-0.39, 0.29) is 5.91 Å². The number of halogens is 3. The van der Waals surface area contributed by atoms with E-state index in [0.29, 0.717) is 31.1 Å². The average Bonchev–Trinajstić information content (AvgIpc) is 3.02. The van der Waals surface area contributed by atoms with E-state index in [0.717, 1.165) is 16.3 Å². The third kappa shape index (κ3) is 5.07. The zero-order valence-corrected chi connectivity index (χ0v) is 15.8. The number of nitrogens with zero attached hydrogens (tertiary/aromatic N) is 2. The van der Waals surface area contributed by atoms with Gasteiger partial charge in [-0.05, 0) is 30.0 Å². The number of amides is 2. The smallest absolute Gasteiger partial charge is 0.490 e. The molecule has 0 spiro atoms. The Morgan fingerprint density at radius 3 is 2.50 bits per heavy atom. The topological polar surface area (TPSA) is 149 Å². The van der Waals surface area contributed by atoms with Crippen molar-refractivity contribution in [3.63, 3.8) is 0 Å². The van der Waals surface area contributed by atoms with E-state index in [9.17, 15) is 22.8 Å². The summed E-state index contributed by atoms with van der Waals surface area (Å²) >= 11 is 0. The Balaban J connectivity index is 0.000000396. The maximum Gasteiger partial charge on any atom is 0.490 e. The number of carbonyl (C=O) groups excluding carboxylic acids is 2. The van der Waals surface area contributed by atoms with Gasteiger partial charge in [0.25, 0.3) is 0 Å². The summed E-state index contributed by atoms with van der Waals surface area (Å²) in [5.74, 6) is -3.21. The lowest BCUT2D eigenvalue weighted by Gasteiger charge is -2.19. The van der Waals surface area contributed by atoms with Crippen LogP contribution in [0.5, 0.6) is 5.75 Å². The number of benzene rings is 1. The molecule has 1 saturated heterocycles. The number of hydrogen-bond donors (Lipinski definition) is 3. The molecule has 1 fully saturated rings. The molecule has 1 atom stereocenters. The van der Waals surface area contributed by atoms with Gasteiger partial charge < -0.3 is 26.2 Å². The SMILES string of the molecule is COc1cc2ccnc(N)c2cc1CN1CC[C@@H](C(N)=O)C1=O.O=C(O)C(F)(F)F. The summed E-state index contributed by atoms with van der Waals surface area (Å²) in [6, 6.07) is 5.60. The lowest BCUT2D eigenvalue weighted by atomic mass is 10.1. The van der Waals surface area contributed by atoms with Gasteiger partial charge in [0.15, 0.2) is 0 Å². The molecule has 1 aliphatic rings. The number of carboxylic acids is 1. The van der Waals surface area contributed by atoms with Crippen LogP contribution in [0.2, 0.25) is 0 Å². The van der Waals surface area contributed by atoms with Crippen LogP contribution in [0.3, 0.4) is 0 Å². The van der Waals surface area contributed by atoms with Crippen molar-refractivity contribution in [2.75, 3.05) is 19.4 Å². The van der Waals surface area contributed by atoms with Crippen molar-refractivity contribution in [2.45, 2.75) is 19.1 Å². The van der Waals surface area contributed by atoms with E-state index in [1.807, 2.05) is 18.2 Å². The van der Waals surface area contributed by atoms with E-state index in [1.165, 1.54) is 0 Å². The van der Waals surface area contributed by atoms with Gasteiger partial charge in [0.1, 0.15) is 17.5 Å². The van der Waals surface area contributed by atoms with Crippen LogP contribution in [0.4, 0.5) is 19.0 Å². The molecule has 2 amide bonds. The summed E-state index contributed by atoms with van der Waals surface area (Å²) in [4.78, 5) is 38.1. The Morgan fingerprint density at radius 1 is 1.37 bits per heavy atom. The molecule has 30 heavy (non-hydrogen) atoms. The molecular weight excluding hydrogens is 409 g/mol. The summed E-state index contributed by atoms with van der Waals surface area (Å²) in [7, 11) is 1.58. The molecule has 0 bridgehead atoms. The largest absolute Gasteiger partial charge is 0.496 e. The molecule has 1 aromatic carbocycles. The second kappa shape index (κ2) is 8.84. The Hall–Kier alpha value is -3.57. The van der Waals surface area contributed by atoms with Gasteiger partial charge in [0.05, 0.1) is 7.11 Å². The van der Waals surface area contributed by atoms with Gasteiger partial charge in [-0.1, -0.05) is 0 Å². The Kier molecular flexibility index (Phi) is 6.70. The molecule has 9 nitrogen and oxygen atoms in total. The van der Waals surface area contributed by atoms with Crippen molar-refractivity contribution in [2.24, 2.45) is 11.7 Å². The average molecular weight is 428 g/mol. The number of pyridine rings is 1. The second-order valence-corrected chi connectivity index (χ2v) is 6.39. The number of fused-ring (bicyclic) bond motifs is 1. The summed E-state index contributed by atoms with van der Waals surface area (Å²) in [5.41, 5.74) is 12.0. The van der Waals surface area contributed by atoms with Gasteiger partial charge in [-0.25, -0.2) is 9.78 Å². The first-order chi connectivity index (χ1) is 14.0. The number of likely N-dealkylation sites (tertiary alicyclic amines) is 1. The molecule has 1 aliphatic heterocycles. The van der Waals surface area contributed by atoms with Crippen molar-refractivity contribution in [1.82, 2.24) is 9.88 Å². The molecule has 12 heteroatoms. The Bertz CT molecular complexity index is 980. The van der Waals surface area contributed by atoms with Crippen LogP contribution in [-0.2, 0) is 20.9 Å². The van der Waals surface area contributed by atoms with Gasteiger partial charge in [0.2, 0.25) is 11.8 Å². The number of hydrogen-bond acceptors (Lipinski definition) is 6. The molecule has 2 heterocycles. The van der Waals surface area contributed by atoms with Crippen LogP contribution in [0.15, 0.2) is 24.4 Å². The second-order valence-electron chi connectivity index (χ2n) is 6.39. The third-order valence-electron chi connectivity index (χ3n) is 4.44. The van der Waals surface area contributed by atoms with E-state index >= 15 is 0 Å². The summed E-state index contributed by atoms with van der Waals surface area (Å²) < 4.78 is 37.2. The number of aliphatic carboxylic acids is 1. The number of carbonyl (C=O) groups is 3. The quantitative estimate of drug-likeness (QED) is 0.621. The van der Waals surface area contributed by atoms with Crippen molar-refractivity contribution in [3.05, 3.63) is 30.0 Å². The molecule has 3 rings (SSSR count). The van der Waals surface area contributed by atoms with Crippen molar-refractivity contribution >= 4 is 34.4 Å². The van der Waals surface area contributed by atoms with Gasteiger partial charge in [-0.2, -0.15) is 13.2 Å². The molecular formula is C18H19F3N4O5. The fourth-order valence-corrected chi connectivity index (χ4v) is 2.95. The number of anilines is 1. The maximum atomic E-state index is 12.2. The van der Waals surface area contributed by atoms with E-state index in [4.69, 9.17) is 26.1 Å². The summed E-state index contributed by atoms with van der Waals surface area (Å²) in [5, 5.41) is 8.85.